The Bertz CT molecular complexity index is 1050. The SMILES string of the molecule is O=C(CCCC(=O)N(C[C@@H]1CCCO1)[C@H](C(=O)NC1CCCCC1)c1ccc(F)cc1)Nc1ccccn1. The fourth-order valence-corrected chi connectivity index (χ4v) is 5.19. The van der Waals surface area contributed by atoms with E-state index in [0.29, 0.717) is 24.4 Å². The van der Waals surface area contributed by atoms with Gasteiger partial charge in [-0.3, -0.25) is 14.4 Å². The number of ether oxygens (including phenoxy) is 1. The molecule has 0 radical (unpaired) electrons. The van der Waals surface area contributed by atoms with Crippen LogP contribution in [0.4, 0.5) is 10.2 Å². The lowest BCUT2D eigenvalue weighted by atomic mass is 9.94. The molecule has 3 amide bonds. The third-order valence-corrected chi connectivity index (χ3v) is 7.17. The molecule has 1 saturated carbocycles. The van der Waals surface area contributed by atoms with Crippen LogP contribution in [0.1, 0.15) is 75.8 Å². The van der Waals surface area contributed by atoms with Gasteiger partial charge in [-0.05, 0) is 61.9 Å². The quantitative estimate of drug-likeness (QED) is 0.450. The molecule has 38 heavy (non-hydrogen) atoms. The van der Waals surface area contributed by atoms with Crippen molar-refractivity contribution in [2.24, 2.45) is 0 Å². The molecule has 0 unspecified atom stereocenters. The maximum atomic E-state index is 13.8. The van der Waals surface area contributed by atoms with Crippen molar-refractivity contribution in [3.8, 4) is 0 Å². The van der Waals surface area contributed by atoms with Gasteiger partial charge in [-0.15, -0.1) is 0 Å². The fourth-order valence-electron chi connectivity index (χ4n) is 5.19. The minimum Gasteiger partial charge on any atom is -0.376 e. The Morgan fingerprint density at radius 2 is 1.79 bits per heavy atom. The summed E-state index contributed by atoms with van der Waals surface area (Å²) in [5.41, 5.74) is 0.555. The van der Waals surface area contributed by atoms with E-state index in [0.717, 1.165) is 44.9 Å². The molecule has 1 aliphatic carbocycles. The number of carbonyl (C=O) groups excluding carboxylic acids is 3. The van der Waals surface area contributed by atoms with Crippen LogP contribution in [0.15, 0.2) is 48.7 Å². The van der Waals surface area contributed by atoms with Crippen molar-refractivity contribution in [1.29, 1.82) is 0 Å². The number of anilines is 1. The van der Waals surface area contributed by atoms with Gasteiger partial charge in [-0.1, -0.05) is 37.5 Å². The molecular formula is C29H37FN4O4. The van der Waals surface area contributed by atoms with E-state index in [4.69, 9.17) is 4.74 Å². The molecule has 1 saturated heterocycles. The van der Waals surface area contributed by atoms with E-state index >= 15 is 0 Å². The molecule has 2 fully saturated rings. The lowest BCUT2D eigenvalue weighted by Crippen LogP contribution is -2.49. The summed E-state index contributed by atoms with van der Waals surface area (Å²) < 4.78 is 19.6. The molecule has 0 spiro atoms. The molecule has 1 aromatic carbocycles. The summed E-state index contributed by atoms with van der Waals surface area (Å²) >= 11 is 0. The van der Waals surface area contributed by atoms with E-state index in [2.05, 4.69) is 15.6 Å². The lowest BCUT2D eigenvalue weighted by molar-refractivity contribution is -0.143. The van der Waals surface area contributed by atoms with Crippen molar-refractivity contribution < 1.29 is 23.5 Å². The van der Waals surface area contributed by atoms with E-state index in [-0.39, 0.29) is 49.3 Å². The molecule has 2 N–H and O–H groups in total. The number of carbonyl (C=O) groups is 3. The smallest absolute Gasteiger partial charge is 0.247 e. The van der Waals surface area contributed by atoms with E-state index in [1.165, 1.54) is 12.1 Å². The van der Waals surface area contributed by atoms with E-state index < -0.39 is 11.9 Å². The molecule has 1 aliphatic heterocycles. The summed E-state index contributed by atoms with van der Waals surface area (Å²) in [6.07, 6.45) is 8.78. The molecule has 8 nitrogen and oxygen atoms in total. The van der Waals surface area contributed by atoms with Crippen LogP contribution in [0.25, 0.3) is 0 Å². The fraction of sp³-hybridized carbons (Fsp3) is 0.517. The first-order chi connectivity index (χ1) is 18.5. The summed E-state index contributed by atoms with van der Waals surface area (Å²) in [5, 5.41) is 5.88. The summed E-state index contributed by atoms with van der Waals surface area (Å²) in [5.74, 6) is -0.676. The van der Waals surface area contributed by atoms with Crippen LogP contribution in [0.3, 0.4) is 0 Å². The highest BCUT2D eigenvalue weighted by atomic mass is 19.1. The minimum absolute atomic E-state index is 0.0640. The van der Waals surface area contributed by atoms with Gasteiger partial charge in [0.25, 0.3) is 0 Å². The van der Waals surface area contributed by atoms with Gasteiger partial charge in [0.1, 0.15) is 17.7 Å². The molecule has 0 bridgehead atoms. The zero-order valence-corrected chi connectivity index (χ0v) is 21.7. The Morgan fingerprint density at radius 3 is 2.47 bits per heavy atom. The van der Waals surface area contributed by atoms with Crippen molar-refractivity contribution in [2.75, 3.05) is 18.5 Å². The van der Waals surface area contributed by atoms with Crippen LogP contribution >= 0.6 is 0 Å². The number of hydrogen-bond acceptors (Lipinski definition) is 5. The van der Waals surface area contributed by atoms with Crippen LogP contribution in [-0.2, 0) is 19.1 Å². The predicted molar refractivity (Wildman–Crippen MR) is 142 cm³/mol. The van der Waals surface area contributed by atoms with Crippen molar-refractivity contribution in [3.63, 3.8) is 0 Å². The Labute approximate surface area is 223 Å². The summed E-state index contributed by atoms with van der Waals surface area (Å²) in [7, 11) is 0. The molecule has 4 rings (SSSR count). The number of nitrogens with zero attached hydrogens (tertiary/aromatic N) is 2. The molecule has 2 atom stereocenters. The standard InChI is InChI=1S/C29H37FN4O4/c30-22-16-14-21(15-17-22)28(29(37)32-23-8-2-1-3-9-23)34(20-24-10-7-19-38-24)27(36)13-6-12-26(35)33-25-11-4-5-18-31-25/h4-5,11,14-18,23-24,28H,1-3,6-10,12-13,19-20H2,(H,32,37)(H,31,33,35)/t24-,28-/m0/s1. The van der Waals surface area contributed by atoms with Crippen LogP contribution in [0.2, 0.25) is 0 Å². The largest absolute Gasteiger partial charge is 0.376 e. The van der Waals surface area contributed by atoms with Crippen LogP contribution in [0.5, 0.6) is 0 Å². The van der Waals surface area contributed by atoms with Gasteiger partial charge in [0, 0.05) is 38.2 Å². The van der Waals surface area contributed by atoms with E-state index in [1.54, 1.807) is 41.4 Å². The third-order valence-electron chi connectivity index (χ3n) is 7.17. The normalized spacial score (nSPS) is 18.5. The van der Waals surface area contributed by atoms with Crippen LogP contribution in [-0.4, -0.2) is 52.9 Å². The van der Waals surface area contributed by atoms with Crippen molar-refractivity contribution >= 4 is 23.5 Å². The molecule has 204 valence electrons. The molecule has 9 heteroatoms. The maximum Gasteiger partial charge on any atom is 0.247 e. The average molecular weight is 525 g/mol. The van der Waals surface area contributed by atoms with Gasteiger partial charge >= 0.3 is 0 Å². The Hall–Kier alpha value is -3.33. The van der Waals surface area contributed by atoms with Crippen LogP contribution < -0.4 is 10.6 Å². The maximum absolute atomic E-state index is 13.8. The highest BCUT2D eigenvalue weighted by Crippen LogP contribution is 2.27. The summed E-state index contributed by atoms with van der Waals surface area (Å²) in [4.78, 5) is 45.3. The van der Waals surface area contributed by atoms with Crippen molar-refractivity contribution in [3.05, 3.63) is 60.0 Å². The first-order valence-corrected chi connectivity index (χ1v) is 13.7. The zero-order chi connectivity index (χ0) is 26.7. The molecule has 2 aromatic rings. The van der Waals surface area contributed by atoms with Gasteiger partial charge in [0.05, 0.1) is 6.10 Å². The first-order valence-electron chi connectivity index (χ1n) is 13.7. The highest BCUT2D eigenvalue weighted by molar-refractivity contribution is 5.91. The third kappa shape index (κ3) is 8.08. The number of benzene rings is 1. The number of aromatic nitrogens is 1. The molecular weight excluding hydrogens is 487 g/mol. The van der Waals surface area contributed by atoms with Crippen molar-refractivity contribution in [2.45, 2.75) is 82.4 Å². The number of hydrogen-bond donors (Lipinski definition) is 2. The second-order valence-electron chi connectivity index (χ2n) is 10.1. The van der Waals surface area contributed by atoms with Crippen LogP contribution in [0, 0.1) is 5.82 Å². The Balaban J connectivity index is 1.48. The lowest BCUT2D eigenvalue weighted by Gasteiger charge is -2.34. The predicted octanol–water partition coefficient (Wildman–Crippen LogP) is 4.53. The topological polar surface area (TPSA) is 101 Å². The second kappa shape index (κ2) is 14.0. The van der Waals surface area contributed by atoms with Gasteiger partial charge in [0.15, 0.2) is 0 Å². The Kier molecular flexibility index (Phi) is 10.2. The number of pyridine rings is 1. The van der Waals surface area contributed by atoms with Gasteiger partial charge in [0.2, 0.25) is 17.7 Å². The highest BCUT2D eigenvalue weighted by Gasteiger charge is 2.35. The average Bonchev–Trinajstić information content (AvgIpc) is 3.44. The number of amides is 3. The van der Waals surface area contributed by atoms with E-state index in [9.17, 15) is 18.8 Å². The summed E-state index contributed by atoms with van der Waals surface area (Å²) in [6, 6.07) is 10.2. The second-order valence-corrected chi connectivity index (χ2v) is 10.1. The molecule has 1 aromatic heterocycles. The first kappa shape index (κ1) is 27.7. The zero-order valence-electron chi connectivity index (χ0n) is 21.7. The van der Waals surface area contributed by atoms with Crippen molar-refractivity contribution in [1.82, 2.24) is 15.2 Å². The molecule has 2 aliphatic rings. The van der Waals surface area contributed by atoms with E-state index in [1.807, 2.05) is 0 Å². The van der Waals surface area contributed by atoms with Gasteiger partial charge < -0.3 is 20.3 Å². The monoisotopic (exact) mass is 524 g/mol. The Morgan fingerprint density at radius 1 is 1.00 bits per heavy atom. The summed E-state index contributed by atoms with van der Waals surface area (Å²) in [6.45, 7) is 0.884. The number of halogens is 1. The van der Waals surface area contributed by atoms with Gasteiger partial charge in [-0.2, -0.15) is 0 Å². The minimum atomic E-state index is -0.906. The number of rotatable bonds is 11. The molecule has 2 heterocycles. The van der Waals surface area contributed by atoms with Gasteiger partial charge in [-0.25, -0.2) is 9.37 Å². The number of nitrogens with one attached hydrogen (secondary N) is 2.